The van der Waals surface area contributed by atoms with E-state index in [-0.39, 0.29) is 10.6 Å². The van der Waals surface area contributed by atoms with Crippen molar-refractivity contribution in [2.24, 2.45) is 0 Å². The molecule has 0 aliphatic rings. The van der Waals surface area contributed by atoms with Gasteiger partial charge in [-0.15, -0.1) is 0 Å². The van der Waals surface area contributed by atoms with Crippen LogP contribution in [0.3, 0.4) is 0 Å². The van der Waals surface area contributed by atoms with Crippen molar-refractivity contribution in [1.29, 1.82) is 0 Å². The third-order valence-corrected chi connectivity index (χ3v) is 5.61. The van der Waals surface area contributed by atoms with E-state index in [2.05, 4.69) is 36.6 Å². The minimum absolute atomic E-state index is 0.0388. The largest absolute Gasteiger partial charge is 0.398 e. The molecule has 1 aromatic heterocycles. The zero-order chi connectivity index (χ0) is 13.3. The minimum Gasteiger partial charge on any atom is -0.398 e. The van der Waals surface area contributed by atoms with Gasteiger partial charge in [-0.05, 0) is 39.5 Å². The highest BCUT2D eigenvalue weighted by atomic mass is 79.9. The number of anilines is 2. The molecule has 0 spiro atoms. The summed E-state index contributed by atoms with van der Waals surface area (Å²) in [5.74, 6) is 0. The fourth-order valence-electron chi connectivity index (χ4n) is 1.39. The molecular formula is C10H8Br2N2O2S2. The van der Waals surface area contributed by atoms with Crippen LogP contribution in [0.15, 0.2) is 42.8 Å². The smallest absolute Gasteiger partial charge is 0.265 e. The van der Waals surface area contributed by atoms with Gasteiger partial charge in [0.05, 0.1) is 11.4 Å². The lowest BCUT2D eigenvalue weighted by Crippen LogP contribution is -2.15. The number of sulfonamides is 1. The van der Waals surface area contributed by atoms with Crippen LogP contribution in [0.5, 0.6) is 0 Å². The lowest BCUT2D eigenvalue weighted by atomic mass is 10.3. The summed E-state index contributed by atoms with van der Waals surface area (Å²) in [4.78, 5) is 0.0388. The van der Waals surface area contributed by atoms with Gasteiger partial charge in [-0.2, -0.15) is 11.3 Å². The molecule has 2 rings (SSSR count). The van der Waals surface area contributed by atoms with E-state index in [0.717, 1.165) is 0 Å². The Bertz CT molecular complexity index is 646. The van der Waals surface area contributed by atoms with Crippen LogP contribution in [0.1, 0.15) is 0 Å². The van der Waals surface area contributed by atoms with Crippen molar-refractivity contribution in [2.75, 3.05) is 10.5 Å². The van der Waals surface area contributed by atoms with Crippen molar-refractivity contribution < 1.29 is 8.42 Å². The van der Waals surface area contributed by atoms with Crippen molar-refractivity contribution in [3.05, 3.63) is 37.9 Å². The first-order valence-corrected chi connectivity index (χ1v) is 8.71. The average Bonchev–Trinajstić information content (AvgIpc) is 2.66. The van der Waals surface area contributed by atoms with Crippen LogP contribution in [0.2, 0.25) is 0 Å². The number of rotatable bonds is 3. The van der Waals surface area contributed by atoms with E-state index in [1.165, 1.54) is 11.3 Å². The average molecular weight is 412 g/mol. The fourth-order valence-corrected chi connectivity index (χ4v) is 5.18. The molecule has 0 aliphatic carbocycles. The molecule has 8 heteroatoms. The van der Waals surface area contributed by atoms with E-state index < -0.39 is 10.0 Å². The predicted molar refractivity (Wildman–Crippen MR) is 81.4 cm³/mol. The molecule has 0 saturated carbocycles. The van der Waals surface area contributed by atoms with Crippen LogP contribution in [-0.4, -0.2) is 8.42 Å². The fraction of sp³-hybridized carbons (Fsp3) is 0. The normalized spacial score (nSPS) is 11.4. The highest BCUT2D eigenvalue weighted by molar-refractivity contribution is 9.11. The number of hydrogen-bond donors (Lipinski definition) is 2. The summed E-state index contributed by atoms with van der Waals surface area (Å²) in [6, 6.07) is 4.87. The number of thiophene rings is 1. The minimum atomic E-state index is -3.70. The molecule has 0 atom stereocenters. The highest BCUT2D eigenvalue weighted by Gasteiger charge is 2.21. The van der Waals surface area contributed by atoms with Gasteiger partial charge in [0, 0.05) is 14.3 Å². The van der Waals surface area contributed by atoms with Gasteiger partial charge in [-0.3, -0.25) is 4.72 Å². The Hall–Kier alpha value is -0.570. The molecule has 18 heavy (non-hydrogen) atoms. The van der Waals surface area contributed by atoms with Gasteiger partial charge in [-0.1, -0.05) is 15.9 Å². The van der Waals surface area contributed by atoms with Crippen molar-refractivity contribution in [2.45, 2.75) is 4.90 Å². The van der Waals surface area contributed by atoms with Gasteiger partial charge in [0.1, 0.15) is 4.90 Å². The third-order valence-electron chi connectivity index (χ3n) is 2.08. The van der Waals surface area contributed by atoms with E-state index in [9.17, 15) is 8.42 Å². The predicted octanol–water partition coefficient (Wildman–Crippen LogP) is 3.66. The van der Waals surface area contributed by atoms with Crippen LogP contribution in [-0.2, 0) is 10.0 Å². The van der Waals surface area contributed by atoms with Crippen LogP contribution in [0.25, 0.3) is 0 Å². The lowest BCUT2D eigenvalue weighted by molar-refractivity contribution is 0.601. The Morgan fingerprint density at radius 3 is 2.56 bits per heavy atom. The molecule has 0 unspecified atom stereocenters. The van der Waals surface area contributed by atoms with E-state index in [1.807, 2.05) is 0 Å². The van der Waals surface area contributed by atoms with E-state index >= 15 is 0 Å². The van der Waals surface area contributed by atoms with Crippen LogP contribution in [0.4, 0.5) is 11.4 Å². The van der Waals surface area contributed by atoms with E-state index in [4.69, 9.17) is 5.73 Å². The summed E-state index contributed by atoms with van der Waals surface area (Å²) in [6.07, 6.45) is 0. The second-order valence-corrected chi connectivity index (χ2v) is 7.59. The summed E-state index contributed by atoms with van der Waals surface area (Å²) in [5, 5.41) is 3.50. The van der Waals surface area contributed by atoms with E-state index in [0.29, 0.717) is 14.6 Å². The van der Waals surface area contributed by atoms with Gasteiger partial charge in [0.2, 0.25) is 0 Å². The standard InChI is InChI=1S/C10H8Br2N2O2S2/c11-6-3-8(12)10(9(13)4-6)18(15,16)14-7-1-2-17-5-7/h1-5,14H,13H2. The Labute approximate surface area is 126 Å². The molecule has 2 aromatic rings. The van der Waals surface area contributed by atoms with Gasteiger partial charge in [0.15, 0.2) is 0 Å². The first-order valence-electron chi connectivity index (χ1n) is 4.70. The van der Waals surface area contributed by atoms with Gasteiger partial charge in [0.25, 0.3) is 10.0 Å². The quantitative estimate of drug-likeness (QED) is 0.757. The number of nitrogens with one attached hydrogen (secondary N) is 1. The topological polar surface area (TPSA) is 72.2 Å². The molecule has 3 N–H and O–H groups in total. The zero-order valence-corrected chi connectivity index (χ0v) is 13.7. The molecule has 1 heterocycles. The maximum atomic E-state index is 12.2. The molecule has 96 valence electrons. The number of halogens is 2. The van der Waals surface area contributed by atoms with E-state index in [1.54, 1.807) is 29.0 Å². The number of benzene rings is 1. The van der Waals surface area contributed by atoms with Gasteiger partial charge < -0.3 is 5.73 Å². The molecule has 1 aromatic carbocycles. The SMILES string of the molecule is Nc1cc(Br)cc(Br)c1S(=O)(=O)Nc1ccsc1. The van der Waals surface area contributed by atoms with Crippen molar-refractivity contribution in [3.63, 3.8) is 0 Å². The van der Waals surface area contributed by atoms with Crippen molar-refractivity contribution in [3.8, 4) is 0 Å². The van der Waals surface area contributed by atoms with Gasteiger partial charge in [-0.25, -0.2) is 8.42 Å². The molecule has 4 nitrogen and oxygen atoms in total. The maximum absolute atomic E-state index is 12.2. The molecular weight excluding hydrogens is 404 g/mol. The van der Waals surface area contributed by atoms with Crippen LogP contribution >= 0.6 is 43.2 Å². The summed E-state index contributed by atoms with van der Waals surface area (Å²) >= 11 is 7.87. The lowest BCUT2D eigenvalue weighted by Gasteiger charge is -2.11. The Balaban J connectivity index is 2.48. The number of hydrogen-bond acceptors (Lipinski definition) is 4. The third kappa shape index (κ3) is 2.87. The molecule has 0 bridgehead atoms. The molecule has 0 fully saturated rings. The van der Waals surface area contributed by atoms with Gasteiger partial charge >= 0.3 is 0 Å². The molecule has 0 radical (unpaired) electrons. The molecule has 0 amide bonds. The Morgan fingerprint density at radius 1 is 1.28 bits per heavy atom. The van der Waals surface area contributed by atoms with Crippen LogP contribution in [0, 0.1) is 0 Å². The second kappa shape index (κ2) is 5.20. The van der Waals surface area contributed by atoms with Crippen LogP contribution < -0.4 is 10.5 Å². The number of nitrogen functional groups attached to an aromatic ring is 1. The van der Waals surface area contributed by atoms with Crippen molar-refractivity contribution >= 4 is 64.6 Å². The maximum Gasteiger partial charge on any atom is 0.265 e. The van der Waals surface area contributed by atoms with Crippen molar-refractivity contribution in [1.82, 2.24) is 0 Å². The summed E-state index contributed by atoms with van der Waals surface area (Å²) in [6.45, 7) is 0. The summed E-state index contributed by atoms with van der Waals surface area (Å²) in [5.41, 5.74) is 6.46. The summed E-state index contributed by atoms with van der Waals surface area (Å²) in [7, 11) is -3.70. The molecule has 0 aliphatic heterocycles. The number of nitrogens with two attached hydrogens (primary N) is 1. The monoisotopic (exact) mass is 410 g/mol. The second-order valence-electron chi connectivity index (χ2n) is 3.42. The molecule has 0 saturated heterocycles. The first kappa shape index (κ1) is 13.9. The summed E-state index contributed by atoms with van der Waals surface area (Å²) < 4.78 is 28.0. The highest BCUT2D eigenvalue weighted by Crippen LogP contribution is 2.32. The zero-order valence-electron chi connectivity index (χ0n) is 8.85. The Kier molecular flexibility index (Phi) is 4.00. The Morgan fingerprint density at radius 2 is 2.00 bits per heavy atom. The first-order chi connectivity index (χ1) is 8.40.